The summed E-state index contributed by atoms with van der Waals surface area (Å²) < 4.78 is 5.47. The van der Waals surface area contributed by atoms with E-state index in [1.807, 2.05) is 0 Å². The Balaban J connectivity index is 2.28. The summed E-state index contributed by atoms with van der Waals surface area (Å²) in [5.41, 5.74) is -0.430. The lowest BCUT2D eigenvalue weighted by molar-refractivity contribution is -0.384. The Bertz CT molecular complexity index is 528. The van der Waals surface area contributed by atoms with Crippen molar-refractivity contribution in [1.82, 2.24) is 4.98 Å². The first-order chi connectivity index (χ1) is 9.49. The molecule has 1 aliphatic heterocycles. The Hall–Kier alpha value is -2.22. The van der Waals surface area contributed by atoms with Crippen molar-refractivity contribution < 1.29 is 19.6 Å². The van der Waals surface area contributed by atoms with E-state index in [0.29, 0.717) is 13.2 Å². The number of anilines is 1. The molecule has 108 valence electrons. The molecule has 1 saturated heterocycles. The minimum Gasteiger partial charge on any atom is -0.477 e. The third-order valence-electron chi connectivity index (χ3n) is 3.13. The molecule has 0 amide bonds. The number of nitrogens with zero attached hydrogens (tertiary/aromatic N) is 3. The van der Waals surface area contributed by atoms with E-state index in [1.54, 1.807) is 11.9 Å². The molecule has 1 unspecified atom stereocenters. The molecule has 1 fully saturated rings. The van der Waals surface area contributed by atoms with E-state index < -0.39 is 10.9 Å². The van der Waals surface area contributed by atoms with Gasteiger partial charge in [-0.3, -0.25) is 10.1 Å². The van der Waals surface area contributed by atoms with E-state index in [0.717, 1.165) is 25.0 Å². The van der Waals surface area contributed by atoms with E-state index in [2.05, 4.69) is 4.98 Å². The molecule has 0 radical (unpaired) electrons. The van der Waals surface area contributed by atoms with Gasteiger partial charge in [-0.25, -0.2) is 9.78 Å². The molecule has 2 heterocycles. The van der Waals surface area contributed by atoms with Crippen molar-refractivity contribution in [2.75, 3.05) is 25.1 Å². The molecule has 0 aromatic carbocycles. The maximum Gasteiger partial charge on any atom is 0.354 e. The van der Waals surface area contributed by atoms with Gasteiger partial charge >= 0.3 is 11.7 Å². The molecular formula is C12H15N3O5. The van der Waals surface area contributed by atoms with Crippen molar-refractivity contribution in [2.24, 2.45) is 0 Å². The van der Waals surface area contributed by atoms with Gasteiger partial charge in [-0.2, -0.15) is 0 Å². The number of likely N-dealkylation sites (N-methyl/N-ethyl adjacent to an activating group) is 1. The number of ether oxygens (including phenoxy) is 1. The summed E-state index contributed by atoms with van der Waals surface area (Å²) in [4.78, 5) is 26.8. The summed E-state index contributed by atoms with van der Waals surface area (Å²) in [7, 11) is 1.64. The Morgan fingerprint density at radius 1 is 1.65 bits per heavy atom. The molecule has 1 aliphatic rings. The molecule has 1 aromatic rings. The molecule has 0 bridgehead atoms. The van der Waals surface area contributed by atoms with Crippen molar-refractivity contribution in [3.63, 3.8) is 0 Å². The number of carbonyl (C=O) groups is 1. The SMILES string of the molecule is CN(CC1CCCO1)c1nc(C(=O)O)ccc1[N+](=O)[O-]. The number of pyridine rings is 1. The van der Waals surface area contributed by atoms with Crippen LogP contribution in [0.3, 0.4) is 0 Å². The second-order valence-corrected chi connectivity index (χ2v) is 4.62. The van der Waals surface area contributed by atoms with Gasteiger partial charge in [0, 0.05) is 26.3 Å². The first kappa shape index (κ1) is 14.2. The van der Waals surface area contributed by atoms with Crippen LogP contribution in [0.1, 0.15) is 23.3 Å². The maximum atomic E-state index is 11.0. The standard InChI is InChI=1S/C12H15N3O5/c1-14(7-8-3-2-6-20-8)11-10(15(18)19)5-4-9(13-11)12(16)17/h4-5,8H,2-3,6-7H2,1H3,(H,16,17). The average Bonchev–Trinajstić information content (AvgIpc) is 2.90. The van der Waals surface area contributed by atoms with E-state index in [1.165, 1.54) is 0 Å². The lowest BCUT2D eigenvalue weighted by Crippen LogP contribution is -2.30. The lowest BCUT2D eigenvalue weighted by Gasteiger charge is -2.21. The highest BCUT2D eigenvalue weighted by molar-refractivity contribution is 5.86. The van der Waals surface area contributed by atoms with Crippen LogP contribution in [0.25, 0.3) is 0 Å². The summed E-state index contributed by atoms with van der Waals surface area (Å²) in [6, 6.07) is 2.29. The molecule has 8 nitrogen and oxygen atoms in total. The molecule has 0 saturated carbocycles. The van der Waals surface area contributed by atoms with Crippen LogP contribution in [-0.4, -0.2) is 47.3 Å². The fraction of sp³-hybridized carbons (Fsp3) is 0.500. The second-order valence-electron chi connectivity index (χ2n) is 4.62. The van der Waals surface area contributed by atoms with Crippen LogP contribution in [0.2, 0.25) is 0 Å². The molecule has 1 atom stereocenters. The lowest BCUT2D eigenvalue weighted by atomic mass is 10.2. The number of nitro groups is 1. The Morgan fingerprint density at radius 2 is 2.40 bits per heavy atom. The molecule has 1 N–H and O–H groups in total. The summed E-state index contributed by atoms with van der Waals surface area (Å²) >= 11 is 0. The van der Waals surface area contributed by atoms with Crippen LogP contribution in [0.5, 0.6) is 0 Å². The van der Waals surface area contributed by atoms with Crippen LogP contribution >= 0.6 is 0 Å². The van der Waals surface area contributed by atoms with E-state index >= 15 is 0 Å². The smallest absolute Gasteiger partial charge is 0.354 e. The molecule has 0 spiro atoms. The van der Waals surface area contributed by atoms with Gasteiger partial charge in [-0.15, -0.1) is 0 Å². The van der Waals surface area contributed by atoms with E-state index in [9.17, 15) is 14.9 Å². The van der Waals surface area contributed by atoms with Crippen molar-refractivity contribution in [3.05, 3.63) is 27.9 Å². The van der Waals surface area contributed by atoms with Crippen LogP contribution in [-0.2, 0) is 4.74 Å². The van der Waals surface area contributed by atoms with Gasteiger partial charge in [0.05, 0.1) is 11.0 Å². The Labute approximate surface area is 115 Å². The second kappa shape index (κ2) is 5.83. The third-order valence-corrected chi connectivity index (χ3v) is 3.13. The van der Waals surface area contributed by atoms with Crippen LogP contribution < -0.4 is 4.90 Å². The first-order valence-electron chi connectivity index (χ1n) is 6.20. The summed E-state index contributed by atoms with van der Waals surface area (Å²) in [6.45, 7) is 1.13. The van der Waals surface area contributed by atoms with Crippen molar-refractivity contribution >= 4 is 17.5 Å². The van der Waals surface area contributed by atoms with E-state index in [-0.39, 0.29) is 23.3 Å². The van der Waals surface area contributed by atoms with Crippen molar-refractivity contribution in [3.8, 4) is 0 Å². The number of hydrogen-bond acceptors (Lipinski definition) is 6. The molecule has 1 aromatic heterocycles. The Kier molecular flexibility index (Phi) is 4.14. The molecule has 20 heavy (non-hydrogen) atoms. The number of aromatic carboxylic acids is 1. The number of hydrogen-bond donors (Lipinski definition) is 1. The number of aromatic nitrogens is 1. The fourth-order valence-electron chi connectivity index (χ4n) is 2.16. The zero-order valence-electron chi connectivity index (χ0n) is 11.0. The molecule has 2 rings (SSSR count). The quantitative estimate of drug-likeness (QED) is 0.640. The minimum atomic E-state index is -1.22. The van der Waals surface area contributed by atoms with Gasteiger partial charge in [-0.05, 0) is 18.9 Å². The largest absolute Gasteiger partial charge is 0.477 e. The van der Waals surface area contributed by atoms with E-state index in [4.69, 9.17) is 9.84 Å². The normalized spacial score (nSPS) is 17.9. The number of carboxylic acids is 1. The Morgan fingerprint density at radius 3 is 2.95 bits per heavy atom. The maximum absolute atomic E-state index is 11.0. The summed E-state index contributed by atoms with van der Waals surface area (Å²) in [5, 5.41) is 19.9. The average molecular weight is 281 g/mol. The van der Waals surface area contributed by atoms with Gasteiger partial charge < -0.3 is 14.7 Å². The summed E-state index contributed by atoms with van der Waals surface area (Å²) in [6.07, 6.45) is 1.84. The highest BCUT2D eigenvalue weighted by Gasteiger charge is 2.25. The van der Waals surface area contributed by atoms with Crippen molar-refractivity contribution in [1.29, 1.82) is 0 Å². The number of carboxylic acid groups (broad SMARTS) is 1. The predicted octanol–water partition coefficient (Wildman–Crippen LogP) is 1.30. The fourth-order valence-corrected chi connectivity index (χ4v) is 2.16. The first-order valence-corrected chi connectivity index (χ1v) is 6.20. The molecule has 8 heteroatoms. The number of rotatable bonds is 5. The van der Waals surface area contributed by atoms with Gasteiger partial charge in [0.15, 0.2) is 5.69 Å². The van der Waals surface area contributed by atoms with Crippen molar-refractivity contribution in [2.45, 2.75) is 18.9 Å². The predicted molar refractivity (Wildman–Crippen MR) is 70.1 cm³/mol. The molecular weight excluding hydrogens is 266 g/mol. The molecule has 0 aliphatic carbocycles. The minimum absolute atomic E-state index is 0.00473. The van der Waals surface area contributed by atoms with Crippen LogP contribution in [0.4, 0.5) is 11.5 Å². The zero-order chi connectivity index (χ0) is 14.7. The monoisotopic (exact) mass is 281 g/mol. The van der Waals surface area contributed by atoms with Gasteiger partial charge in [0.1, 0.15) is 0 Å². The highest BCUT2D eigenvalue weighted by Crippen LogP contribution is 2.26. The summed E-state index contributed by atoms with van der Waals surface area (Å²) in [5.74, 6) is -1.17. The topological polar surface area (TPSA) is 106 Å². The van der Waals surface area contributed by atoms with Gasteiger partial charge in [0.25, 0.3) is 0 Å². The third kappa shape index (κ3) is 3.02. The highest BCUT2D eigenvalue weighted by atomic mass is 16.6. The van der Waals surface area contributed by atoms with Gasteiger partial charge in [-0.1, -0.05) is 0 Å². The van der Waals surface area contributed by atoms with Gasteiger partial charge in [0.2, 0.25) is 5.82 Å². The zero-order valence-corrected chi connectivity index (χ0v) is 11.0. The van der Waals surface area contributed by atoms with Crippen LogP contribution in [0.15, 0.2) is 12.1 Å². The van der Waals surface area contributed by atoms with Crippen LogP contribution in [0, 0.1) is 10.1 Å².